The van der Waals surface area contributed by atoms with Gasteiger partial charge in [-0.2, -0.15) is 0 Å². The number of anilines is 1. The summed E-state index contributed by atoms with van der Waals surface area (Å²) in [5.41, 5.74) is 0.896. The topological polar surface area (TPSA) is 76.0 Å². The van der Waals surface area contributed by atoms with Crippen molar-refractivity contribution in [2.45, 2.75) is 19.0 Å². The minimum atomic E-state index is -3.06. The normalized spacial score (nSPS) is 25.1. The average Bonchev–Trinajstić information content (AvgIpc) is 2.97. The molecule has 0 aromatic heterocycles. The molecule has 0 N–H and O–H groups in total. The minimum Gasteiger partial charge on any atom is -0.465 e. The van der Waals surface area contributed by atoms with Crippen LogP contribution in [0.4, 0.5) is 5.69 Å². The fourth-order valence-corrected chi connectivity index (χ4v) is 5.61. The molecule has 2 aliphatic rings. The van der Waals surface area contributed by atoms with Crippen LogP contribution < -0.4 is 4.90 Å². The first-order chi connectivity index (χ1) is 11.0. The molecular formula is C15H18N2O4S2. The van der Waals surface area contributed by atoms with Crippen molar-refractivity contribution in [1.82, 2.24) is 0 Å². The highest BCUT2D eigenvalue weighted by Crippen LogP contribution is 2.34. The van der Waals surface area contributed by atoms with E-state index in [0.717, 1.165) is 5.69 Å². The van der Waals surface area contributed by atoms with Crippen LogP contribution in [-0.2, 0) is 19.4 Å². The molecule has 23 heavy (non-hydrogen) atoms. The van der Waals surface area contributed by atoms with Crippen LogP contribution in [0, 0.1) is 0 Å². The van der Waals surface area contributed by atoms with Crippen molar-refractivity contribution < 1.29 is 17.9 Å². The third kappa shape index (κ3) is 3.53. The zero-order valence-corrected chi connectivity index (χ0v) is 14.3. The summed E-state index contributed by atoms with van der Waals surface area (Å²) in [4.78, 5) is 18.1. The summed E-state index contributed by atoms with van der Waals surface area (Å²) in [6, 6.07) is 9.11. The molecule has 0 radical (unpaired) electrons. The van der Waals surface area contributed by atoms with Gasteiger partial charge in [0.2, 0.25) is 0 Å². The van der Waals surface area contributed by atoms with Crippen molar-refractivity contribution in [2.24, 2.45) is 4.99 Å². The van der Waals surface area contributed by atoms with Crippen LogP contribution in [0.2, 0.25) is 0 Å². The number of thioether (sulfide) groups is 1. The number of fused-ring (bicyclic) bond motifs is 1. The number of hydrogen-bond donors (Lipinski definition) is 0. The average molecular weight is 354 g/mol. The molecule has 1 fully saturated rings. The predicted octanol–water partition coefficient (Wildman–Crippen LogP) is 1.32. The number of benzene rings is 1. The van der Waals surface area contributed by atoms with Crippen molar-refractivity contribution in [1.29, 1.82) is 0 Å². The van der Waals surface area contributed by atoms with E-state index in [9.17, 15) is 13.2 Å². The van der Waals surface area contributed by atoms with Crippen molar-refractivity contribution in [2.75, 3.05) is 28.8 Å². The number of carbonyl (C=O) groups is 1. The van der Waals surface area contributed by atoms with Crippen LogP contribution >= 0.6 is 11.8 Å². The van der Waals surface area contributed by atoms with Crippen LogP contribution in [-0.4, -0.2) is 55.5 Å². The number of amidine groups is 1. The van der Waals surface area contributed by atoms with Gasteiger partial charge in [-0.3, -0.25) is 9.79 Å². The molecule has 0 spiro atoms. The summed E-state index contributed by atoms with van der Waals surface area (Å²) >= 11 is 1.30. The lowest BCUT2D eigenvalue weighted by molar-refractivity contribution is -0.139. The van der Waals surface area contributed by atoms with Gasteiger partial charge in [0.15, 0.2) is 15.0 Å². The van der Waals surface area contributed by atoms with E-state index in [2.05, 4.69) is 4.99 Å². The molecule has 1 saturated heterocycles. The number of nitrogens with zero attached hydrogens (tertiary/aromatic N) is 2. The number of aliphatic imine (C=N–C) groups is 1. The SMILES string of the molecule is CCOC(=O)CSC1=N[C@H]2CS(=O)(=O)C[C@@H]2N1c1ccccc1. The summed E-state index contributed by atoms with van der Waals surface area (Å²) in [5.74, 6) is 0.0459. The maximum absolute atomic E-state index is 11.9. The van der Waals surface area contributed by atoms with Gasteiger partial charge in [-0.05, 0) is 19.1 Å². The molecule has 124 valence electrons. The Labute approximate surface area is 139 Å². The highest BCUT2D eigenvalue weighted by atomic mass is 32.2. The Morgan fingerprint density at radius 3 is 2.78 bits per heavy atom. The third-order valence-electron chi connectivity index (χ3n) is 3.77. The zero-order valence-electron chi connectivity index (χ0n) is 12.7. The van der Waals surface area contributed by atoms with Crippen LogP contribution in [0.3, 0.4) is 0 Å². The molecule has 8 heteroatoms. The van der Waals surface area contributed by atoms with Gasteiger partial charge in [0.25, 0.3) is 0 Å². The second kappa shape index (κ2) is 6.52. The highest BCUT2D eigenvalue weighted by molar-refractivity contribution is 8.14. The Morgan fingerprint density at radius 2 is 2.09 bits per heavy atom. The van der Waals surface area contributed by atoms with Gasteiger partial charge in [0, 0.05) is 5.69 Å². The highest BCUT2D eigenvalue weighted by Gasteiger charge is 2.47. The van der Waals surface area contributed by atoms with Gasteiger partial charge < -0.3 is 9.64 Å². The number of carbonyl (C=O) groups excluding carboxylic acids is 1. The molecule has 1 aromatic rings. The Hall–Kier alpha value is -1.54. The fourth-order valence-electron chi connectivity index (χ4n) is 2.85. The van der Waals surface area contributed by atoms with Gasteiger partial charge in [0.05, 0.1) is 35.9 Å². The number of rotatable bonds is 4. The Bertz CT molecular complexity index is 718. The molecule has 0 aliphatic carbocycles. The van der Waals surface area contributed by atoms with Crippen LogP contribution in [0.25, 0.3) is 0 Å². The Kier molecular flexibility index (Phi) is 4.63. The molecule has 2 aliphatic heterocycles. The largest absolute Gasteiger partial charge is 0.465 e. The molecule has 0 amide bonds. The van der Waals surface area contributed by atoms with Crippen LogP contribution in [0.5, 0.6) is 0 Å². The van der Waals surface area contributed by atoms with E-state index >= 15 is 0 Å². The lowest BCUT2D eigenvalue weighted by Gasteiger charge is -2.26. The van der Waals surface area contributed by atoms with E-state index in [1.54, 1.807) is 6.92 Å². The fraction of sp³-hybridized carbons (Fsp3) is 0.467. The summed E-state index contributed by atoms with van der Waals surface area (Å²) in [6.45, 7) is 2.11. The van der Waals surface area contributed by atoms with Crippen molar-refractivity contribution in [3.8, 4) is 0 Å². The maximum Gasteiger partial charge on any atom is 0.316 e. The smallest absolute Gasteiger partial charge is 0.316 e. The van der Waals surface area contributed by atoms with Gasteiger partial charge in [-0.1, -0.05) is 30.0 Å². The summed E-state index contributed by atoms with van der Waals surface area (Å²) in [5, 5.41) is 0.689. The first kappa shape index (κ1) is 16.3. The molecule has 2 atom stereocenters. The van der Waals surface area contributed by atoms with E-state index in [4.69, 9.17) is 4.74 Å². The molecule has 2 heterocycles. The zero-order chi connectivity index (χ0) is 16.4. The lowest BCUT2D eigenvalue weighted by Crippen LogP contribution is -2.39. The van der Waals surface area contributed by atoms with Gasteiger partial charge in [-0.15, -0.1) is 0 Å². The summed E-state index contributed by atoms with van der Waals surface area (Å²) in [7, 11) is -3.06. The van der Waals surface area contributed by atoms with Gasteiger partial charge in [-0.25, -0.2) is 8.42 Å². The number of ether oxygens (including phenoxy) is 1. The van der Waals surface area contributed by atoms with E-state index in [-0.39, 0.29) is 35.3 Å². The number of hydrogen-bond acceptors (Lipinski definition) is 7. The van der Waals surface area contributed by atoms with E-state index in [1.165, 1.54) is 11.8 Å². The van der Waals surface area contributed by atoms with Crippen molar-refractivity contribution >= 4 is 38.4 Å². The molecule has 3 rings (SSSR count). The van der Waals surface area contributed by atoms with Crippen LogP contribution in [0.15, 0.2) is 35.3 Å². The molecule has 0 saturated carbocycles. The summed E-state index contributed by atoms with van der Waals surface area (Å²) < 4.78 is 28.7. The quantitative estimate of drug-likeness (QED) is 0.759. The first-order valence-corrected chi connectivity index (χ1v) is 10.2. The Balaban J connectivity index is 1.83. The minimum absolute atomic E-state index is 0.0739. The monoisotopic (exact) mass is 354 g/mol. The molecule has 1 aromatic carbocycles. The standard InChI is InChI=1S/C15H18N2O4S2/c1-2-21-14(18)8-22-15-16-12-9-23(19,20)10-13(12)17(15)11-6-4-3-5-7-11/h3-7,12-13H,2,8-10H2,1H3/t12-,13-/m0/s1. The second-order valence-corrected chi connectivity index (χ2v) is 8.52. The van der Waals surface area contributed by atoms with Crippen molar-refractivity contribution in [3.05, 3.63) is 30.3 Å². The lowest BCUT2D eigenvalue weighted by atomic mass is 10.1. The van der Waals surface area contributed by atoms with Gasteiger partial charge >= 0.3 is 5.97 Å². The molecule has 0 bridgehead atoms. The summed E-state index contributed by atoms with van der Waals surface area (Å²) in [6.07, 6.45) is 0. The molecule has 0 unspecified atom stereocenters. The van der Waals surface area contributed by atoms with E-state index in [1.807, 2.05) is 35.2 Å². The third-order valence-corrected chi connectivity index (χ3v) is 6.41. The molecule has 6 nitrogen and oxygen atoms in total. The maximum atomic E-state index is 11.9. The predicted molar refractivity (Wildman–Crippen MR) is 91.7 cm³/mol. The van der Waals surface area contributed by atoms with Crippen LogP contribution in [0.1, 0.15) is 6.92 Å². The van der Waals surface area contributed by atoms with E-state index in [0.29, 0.717) is 11.8 Å². The second-order valence-electron chi connectivity index (χ2n) is 5.42. The Morgan fingerprint density at radius 1 is 1.35 bits per heavy atom. The van der Waals surface area contributed by atoms with Crippen molar-refractivity contribution in [3.63, 3.8) is 0 Å². The molecular weight excluding hydrogens is 336 g/mol. The first-order valence-electron chi connectivity index (χ1n) is 7.41. The number of esters is 1. The van der Waals surface area contributed by atoms with Gasteiger partial charge in [0.1, 0.15) is 0 Å². The number of sulfone groups is 1. The number of para-hydroxylation sites is 1. The van der Waals surface area contributed by atoms with E-state index < -0.39 is 9.84 Å².